The fourth-order valence-corrected chi connectivity index (χ4v) is 4.26. The van der Waals surface area contributed by atoms with E-state index in [0.717, 1.165) is 23.7 Å². The molecule has 0 aliphatic carbocycles. The number of halogens is 4. The molecule has 2 fully saturated rings. The van der Waals surface area contributed by atoms with Crippen LogP contribution in [0.1, 0.15) is 36.0 Å². The SMILES string of the molecule is CN1[C@@H]2CC[C@H]1C[C@@H](OC(=O)c1c(Cl)[nH]c3ccccc13)C2.O=C(O)C(F)(F)F. The van der Waals surface area contributed by atoms with Crippen LogP contribution in [0.15, 0.2) is 24.3 Å². The van der Waals surface area contributed by atoms with Crippen molar-refractivity contribution in [2.45, 2.75) is 50.0 Å². The molecular weight excluding hydrogens is 413 g/mol. The van der Waals surface area contributed by atoms with Crippen molar-refractivity contribution in [3.63, 3.8) is 0 Å². The standard InChI is InChI=1S/C17H19ClN2O2.C2HF3O2/c1-20-10-6-7-11(20)9-12(8-10)22-17(21)15-13-4-2-3-5-14(13)19-16(15)18;3-2(4,5)1(6)7/h2-5,10-12,19H,6-9H2,1H3;(H,6,7)/t10-,11+,12+;. The Bertz CT molecular complexity index is 900. The predicted octanol–water partition coefficient (Wildman–Crippen LogP) is 4.24. The normalized spacial score (nSPS) is 24.1. The topological polar surface area (TPSA) is 82.6 Å². The third-order valence-corrected chi connectivity index (χ3v) is 5.72. The van der Waals surface area contributed by atoms with Crippen LogP contribution >= 0.6 is 11.6 Å². The summed E-state index contributed by atoms with van der Waals surface area (Å²) in [6.45, 7) is 0. The number of hydrogen-bond donors (Lipinski definition) is 2. The number of alkyl halides is 3. The second-order valence-corrected chi connectivity index (χ2v) is 7.59. The largest absolute Gasteiger partial charge is 0.490 e. The van der Waals surface area contributed by atoms with Crippen molar-refractivity contribution in [2.24, 2.45) is 0 Å². The van der Waals surface area contributed by atoms with Crippen molar-refractivity contribution in [2.75, 3.05) is 7.05 Å². The first-order valence-electron chi connectivity index (χ1n) is 9.07. The molecule has 0 radical (unpaired) electrons. The average molecular weight is 433 g/mol. The highest BCUT2D eigenvalue weighted by Crippen LogP contribution is 2.36. The molecule has 0 amide bonds. The number of aliphatic carboxylic acids is 1. The number of carbonyl (C=O) groups is 2. The highest BCUT2D eigenvalue weighted by atomic mass is 35.5. The van der Waals surface area contributed by atoms with Gasteiger partial charge in [-0.25, -0.2) is 9.59 Å². The number of rotatable bonds is 2. The Labute approximate surface area is 169 Å². The number of esters is 1. The van der Waals surface area contributed by atoms with E-state index < -0.39 is 12.1 Å². The Balaban J connectivity index is 0.000000298. The minimum atomic E-state index is -5.08. The van der Waals surface area contributed by atoms with Crippen molar-refractivity contribution < 1.29 is 32.6 Å². The van der Waals surface area contributed by atoms with Gasteiger partial charge in [-0.3, -0.25) is 0 Å². The lowest BCUT2D eigenvalue weighted by Gasteiger charge is -2.35. The van der Waals surface area contributed by atoms with Crippen LogP contribution in [0.2, 0.25) is 5.15 Å². The van der Waals surface area contributed by atoms with Gasteiger partial charge in [0.05, 0.1) is 0 Å². The number of para-hydroxylation sites is 1. The maximum atomic E-state index is 12.6. The average Bonchev–Trinajstić information content (AvgIpc) is 3.05. The molecule has 2 N–H and O–H groups in total. The van der Waals surface area contributed by atoms with E-state index in [9.17, 15) is 18.0 Å². The molecule has 2 aromatic rings. The number of benzene rings is 1. The highest BCUT2D eigenvalue weighted by molar-refractivity contribution is 6.34. The minimum Gasteiger partial charge on any atom is -0.475 e. The Morgan fingerprint density at radius 1 is 1.21 bits per heavy atom. The Hall–Kier alpha value is -2.26. The van der Waals surface area contributed by atoms with Crippen molar-refractivity contribution in [1.29, 1.82) is 0 Å². The molecule has 4 rings (SSSR count). The van der Waals surface area contributed by atoms with Gasteiger partial charge in [0, 0.05) is 35.8 Å². The molecule has 10 heteroatoms. The van der Waals surface area contributed by atoms with E-state index >= 15 is 0 Å². The minimum absolute atomic E-state index is 0.00549. The first-order valence-corrected chi connectivity index (χ1v) is 9.45. The van der Waals surface area contributed by atoms with Crippen LogP contribution < -0.4 is 0 Å². The van der Waals surface area contributed by atoms with Gasteiger partial charge >= 0.3 is 18.1 Å². The third kappa shape index (κ3) is 4.67. The molecule has 1 aromatic carbocycles. The van der Waals surface area contributed by atoms with E-state index in [1.165, 1.54) is 12.8 Å². The summed E-state index contributed by atoms with van der Waals surface area (Å²) < 4.78 is 37.5. The van der Waals surface area contributed by atoms with Gasteiger partial charge in [-0.1, -0.05) is 29.8 Å². The van der Waals surface area contributed by atoms with Gasteiger partial charge in [0.25, 0.3) is 0 Å². The summed E-state index contributed by atoms with van der Waals surface area (Å²) in [4.78, 5) is 27.0. The number of piperidine rings is 1. The lowest BCUT2D eigenvalue weighted by atomic mass is 10.0. The van der Waals surface area contributed by atoms with Crippen LogP contribution in [0.5, 0.6) is 0 Å². The molecule has 2 aliphatic heterocycles. The van der Waals surface area contributed by atoms with E-state index in [-0.39, 0.29) is 12.1 Å². The van der Waals surface area contributed by atoms with E-state index in [1.807, 2.05) is 24.3 Å². The lowest BCUT2D eigenvalue weighted by molar-refractivity contribution is -0.192. The number of ether oxygens (including phenoxy) is 1. The summed E-state index contributed by atoms with van der Waals surface area (Å²) in [5, 5.41) is 8.32. The van der Waals surface area contributed by atoms with Gasteiger partial charge in [-0.15, -0.1) is 0 Å². The van der Waals surface area contributed by atoms with Gasteiger partial charge in [0.2, 0.25) is 0 Å². The zero-order chi connectivity index (χ0) is 21.3. The maximum absolute atomic E-state index is 12.6. The summed E-state index contributed by atoms with van der Waals surface area (Å²) in [6.07, 6.45) is -0.797. The lowest BCUT2D eigenvalue weighted by Crippen LogP contribution is -2.43. The van der Waals surface area contributed by atoms with Crippen molar-refractivity contribution in [3.8, 4) is 0 Å². The summed E-state index contributed by atoms with van der Waals surface area (Å²) in [5.41, 5.74) is 1.33. The fourth-order valence-electron chi connectivity index (χ4n) is 3.98. The molecule has 2 saturated heterocycles. The van der Waals surface area contributed by atoms with Crippen molar-refractivity contribution >= 4 is 34.4 Å². The number of nitrogens with zero attached hydrogens (tertiary/aromatic N) is 1. The van der Waals surface area contributed by atoms with Crippen LogP contribution in [0.25, 0.3) is 10.9 Å². The number of fused-ring (bicyclic) bond motifs is 3. The molecule has 3 heterocycles. The second-order valence-electron chi connectivity index (χ2n) is 7.21. The van der Waals surface area contributed by atoms with E-state index in [2.05, 4.69) is 16.9 Å². The summed E-state index contributed by atoms with van der Waals surface area (Å²) in [5.74, 6) is -3.07. The van der Waals surface area contributed by atoms with Crippen molar-refractivity contribution in [1.82, 2.24) is 9.88 Å². The zero-order valence-electron chi connectivity index (χ0n) is 15.5. The molecule has 29 heavy (non-hydrogen) atoms. The number of carbonyl (C=O) groups excluding carboxylic acids is 1. The first kappa shape index (κ1) is 21.4. The number of aromatic nitrogens is 1. The van der Waals surface area contributed by atoms with Gasteiger partial charge in [0.15, 0.2) is 0 Å². The number of nitrogens with one attached hydrogen (secondary N) is 1. The smallest absolute Gasteiger partial charge is 0.475 e. The second kappa shape index (κ2) is 8.23. The number of carboxylic acid groups (broad SMARTS) is 1. The van der Waals surface area contributed by atoms with Crippen LogP contribution in [0.4, 0.5) is 13.2 Å². The molecule has 0 saturated carbocycles. The predicted molar refractivity (Wildman–Crippen MR) is 100 cm³/mol. The number of hydrogen-bond acceptors (Lipinski definition) is 4. The van der Waals surface area contributed by atoms with E-state index in [4.69, 9.17) is 26.2 Å². The summed E-state index contributed by atoms with van der Waals surface area (Å²) >= 11 is 6.21. The van der Waals surface area contributed by atoms with Crippen LogP contribution in [0.3, 0.4) is 0 Å². The molecule has 1 aromatic heterocycles. The number of aromatic amines is 1. The fraction of sp³-hybridized carbons (Fsp3) is 0.474. The van der Waals surface area contributed by atoms with Gasteiger partial charge in [-0.2, -0.15) is 13.2 Å². The van der Waals surface area contributed by atoms with E-state index in [1.54, 1.807) is 0 Å². The Morgan fingerprint density at radius 3 is 2.31 bits per heavy atom. The molecule has 158 valence electrons. The highest BCUT2D eigenvalue weighted by Gasteiger charge is 2.40. The maximum Gasteiger partial charge on any atom is 0.490 e. The molecule has 2 bridgehead atoms. The summed E-state index contributed by atoms with van der Waals surface area (Å²) in [7, 11) is 2.18. The molecule has 0 unspecified atom stereocenters. The van der Waals surface area contributed by atoms with Crippen LogP contribution in [0, 0.1) is 0 Å². The quantitative estimate of drug-likeness (QED) is 0.694. The van der Waals surface area contributed by atoms with Crippen molar-refractivity contribution in [3.05, 3.63) is 35.0 Å². The third-order valence-electron chi connectivity index (χ3n) is 5.44. The van der Waals surface area contributed by atoms with Gasteiger partial charge < -0.3 is 19.7 Å². The Morgan fingerprint density at radius 2 is 1.76 bits per heavy atom. The monoisotopic (exact) mass is 432 g/mol. The van der Waals surface area contributed by atoms with E-state index in [0.29, 0.717) is 22.8 Å². The molecule has 0 spiro atoms. The molecule has 3 atom stereocenters. The van der Waals surface area contributed by atoms with Crippen LogP contribution in [-0.4, -0.2) is 58.3 Å². The number of carboxylic acids is 1. The van der Waals surface area contributed by atoms with Gasteiger partial charge in [-0.05, 0) is 26.0 Å². The number of H-pyrrole nitrogens is 1. The first-order chi connectivity index (χ1) is 13.6. The molecular formula is C19H20ClF3N2O4. The Kier molecular flexibility index (Phi) is 6.09. The zero-order valence-corrected chi connectivity index (χ0v) is 16.3. The van der Waals surface area contributed by atoms with Gasteiger partial charge in [0.1, 0.15) is 16.8 Å². The summed E-state index contributed by atoms with van der Waals surface area (Å²) in [6, 6.07) is 8.73. The molecule has 6 nitrogen and oxygen atoms in total. The molecule has 2 aliphatic rings. The van der Waals surface area contributed by atoms with Crippen LogP contribution in [-0.2, 0) is 9.53 Å².